The van der Waals surface area contributed by atoms with Crippen LogP contribution in [0.1, 0.15) is 23.7 Å². The highest BCUT2D eigenvalue weighted by Gasteiger charge is 2.05. The highest BCUT2D eigenvalue weighted by Crippen LogP contribution is 1.95. The van der Waals surface area contributed by atoms with E-state index in [1.54, 1.807) is 31.0 Å². The minimum Gasteiger partial charge on any atom is -0.351 e. The van der Waals surface area contributed by atoms with Crippen LogP contribution in [0.5, 0.6) is 0 Å². The Kier molecular flexibility index (Phi) is 3.74. The van der Waals surface area contributed by atoms with Crippen LogP contribution in [0, 0.1) is 11.8 Å². The number of hydrogen-bond donors (Lipinski definition) is 1. The molecule has 0 aliphatic heterocycles. The second-order valence-corrected chi connectivity index (χ2v) is 2.84. The van der Waals surface area contributed by atoms with Gasteiger partial charge in [-0.15, -0.1) is 11.8 Å². The van der Waals surface area contributed by atoms with E-state index < -0.39 is 0 Å². The molecule has 1 N–H and O–H groups in total. The van der Waals surface area contributed by atoms with Gasteiger partial charge in [-0.05, 0) is 6.92 Å². The second kappa shape index (κ2) is 5.07. The van der Waals surface area contributed by atoms with Crippen LogP contribution in [-0.4, -0.2) is 22.2 Å². The quantitative estimate of drug-likeness (QED) is 0.560. The van der Waals surface area contributed by atoms with Crippen LogP contribution < -0.4 is 5.32 Å². The Morgan fingerprint density at radius 3 is 3.07 bits per heavy atom. The Labute approximate surface area is 83.3 Å². The lowest BCUT2D eigenvalue weighted by molar-refractivity contribution is 0.0954. The predicted octanol–water partition coefficient (Wildman–Crippen LogP) is 0.563. The van der Waals surface area contributed by atoms with Gasteiger partial charge in [0.15, 0.2) is 0 Å². The van der Waals surface area contributed by atoms with Gasteiger partial charge in [0.2, 0.25) is 0 Å². The minimum absolute atomic E-state index is 0.101. The molecule has 14 heavy (non-hydrogen) atoms. The predicted molar refractivity (Wildman–Crippen MR) is 53.6 cm³/mol. The van der Waals surface area contributed by atoms with E-state index in [2.05, 4.69) is 22.3 Å². The molecule has 4 nitrogen and oxygen atoms in total. The zero-order chi connectivity index (χ0) is 10.4. The summed E-state index contributed by atoms with van der Waals surface area (Å²) in [7, 11) is 1.78. The number of aromatic nitrogens is 2. The van der Waals surface area contributed by atoms with E-state index in [0.29, 0.717) is 18.5 Å². The summed E-state index contributed by atoms with van der Waals surface area (Å²) >= 11 is 0. The van der Waals surface area contributed by atoms with Gasteiger partial charge in [-0.2, -0.15) is 5.10 Å². The van der Waals surface area contributed by atoms with Crippen molar-refractivity contribution < 1.29 is 4.79 Å². The molecular formula is C10H13N3O. The van der Waals surface area contributed by atoms with E-state index >= 15 is 0 Å². The molecule has 0 atom stereocenters. The largest absolute Gasteiger partial charge is 0.351 e. The molecule has 0 aliphatic rings. The minimum atomic E-state index is -0.101. The number of carbonyl (C=O) groups excluding carboxylic acids is 1. The third-order valence-corrected chi connectivity index (χ3v) is 1.68. The lowest BCUT2D eigenvalue weighted by Crippen LogP contribution is -2.23. The molecule has 1 aromatic heterocycles. The number of carbonyl (C=O) groups is 1. The molecule has 1 amide bonds. The van der Waals surface area contributed by atoms with Crippen LogP contribution in [0.3, 0.4) is 0 Å². The van der Waals surface area contributed by atoms with E-state index in [4.69, 9.17) is 0 Å². The highest BCUT2D eigenvalue weighted by atomic mass is 16.1. The first-order chi connectivity index (χ1) is 6.74. The number of nitrogens with zero attached hydrogens (tertiary/aromatic N) is 2. The molecule has 0 radical (unpaired) electrons. The molecule has 0 unspecified atom stereocenters. The third-order valence-electron chi connectivity index (χ3n) is 1.68. The zero-order valence-corrected chi connectivity index (χ0v) is 8.37. The molecule has 1 aromatic rings. The van der Waals surface area contributed by atoms with Crippen LogP contribution in [0.2, 0.25) is 0 Å². The number of hydrogen-bond acceptors (Lipinski definition) is 2. The van der Waals surface area contributed by atoms with E-state index in [-0.39, 0.29) is 5.91 Å². The van der Waals surface area contributed by atoms with Gasteiger partial charge < -0.3 is 5.32 Å². The monoisotopic (exact) mass is 191 g/mol. The van der Waals surface area contributed by atoms with Crippen molar-refractivity contribution in [3.8, 4) is 11.8 Å². The zero-order valence-electron chi connectivity index (χ0n) is 8.37. The van der Waals surface area contributed by atoms with Gasteiger partial charge in [0, 0.05) is 26.2 Å². The summed E-state index contributed by atoms with van der Waals surface area (Å²) in [4.78, 5) is 11.4. The van der Waals surface area contributed by atoms with Crippen molar-refractivity contribution >= 4 is 5.91 Å². The van der Waals surface area contributed by atoms with E-state index in [9.17, 15) is 4.79 Å². The molecule has 0 aromatic carbocycles. The smallest absolute Gasteiger partial charge is 0.254 e. The van der Waals surface area contributed by atoms with Gasteiger partial charge in [-0.25, -0.2) is 0 Å². The summed E-state index contributed by atoms with van der Waals surface area (Å²) in [6.07, 6.45) is 3.91. The molecule has 1 rings (SSSR count). The molecule has 0 spiro atoms. The first-order valence-electron chi connectivity index (χ1n) is 4.40. The normalized spacial score (nSPS) is 9.00. The summed E-state index contributed by atoms with van der Waals surface area (Å²) in [5.41, 5.74) is 0.581. The standard InChI is InChI=1S/C10H13N3O/c1-3-4-5-6-11-10(14)9-7-12-13(2)8-9/h7-8H,5-6H2,1-2H3,(H,11,14). The SMILES string of the molecule is CC#CCCNC(=O)c1cnn(C)c1. The molecule has 4 heteroatoms. The molecule has 0 fully saturated rings. The van der Waals surface area contributed by atoms with Crippen LogP contribution in [0.25, 0.3) is 0 Å². The van der Waals surface area contributed by atoms with Gasteiger partial charge in [0.1, 0.15) is 0 Å². The highest BCUT2D eigenvalue weighted by molar-refractivity contribution is 5.93. The van der Waals surface area contributed by atoms with Crippen molar-refractivity contribution in [2.24, 2.45) is 7.05 Å². The maximum Gasteiger partial charge on any atom is 0.254 e. The molecule has 1 heterocycles. The van der Waals surface area contributed by atoms with Gasteiger partial charge in [0.05, 0.1) is 11.8 Å². The number of rotatable bonds is 3. The van der Waals surface area contributed by atoms with Crippen molar-refractivity contribution in [3.05, 3.63) is 18.0 Å². The van der Waals surface area contributed by atoms with Crippen LogP contribution in [0.15, 0.2) is 12.4 Å². The lowest BCUT2D eigenvalue weighted by Gasteiger charge is -1.98. The summed E-state index contributed by atoms with van der Waals surface area (Å²) in [5, 5.41) is 6.66. The van der Waals surface area contributed by atoms with Crippen molar-refractivity contribution in [2.45, 2.75) is 13.3 Å². The molecule has 0 bridgehead atoms. The molecule has 74 valence electrons. The maximum atomic E-state index is 11.4. The van der Waals surface area contributed by atoms with Crippen molar-refractivity contribution in [1.29, 1.82) is 0 Å². The second-order valence-electron chi connectivity index (χ2n) is 2.84. The average Bonchev–Trinajstić information content (AvgIpc) is 2.59. The Hall–Kier alpha value is -1.76. The lowest BCUT2D eigenvalue weighted by atomic mass is 10.3. The van der Waals surface area contributed by atoms with Gasteiger partial charge >= 0.3 is 0 Å². The fourth-order valence-corrected chi connectivity index (χ4v) is 1.00. The van der Waals surface area contributed by atoms with E-state index in [1.165, 1.54) is 0 Å². The fourth-order valence-electron chi connectivity index (χ4n) is 1.00. The third kappa shape index (κ3) is 2.94. The van der Waals surface area contributed by atoms with Crippen molar-refractivity contribution in [1.82, 2.24) is 15.1 Å². The molecule has 0 saturated heterocycles. The van der Waals surface area contributed by atoms with Crippen LogP contribution >= 0.6 is 0 Å². The fraction of sp³-hybridized carbons (Fsp3) is 0.400. The van der Waals surface area contributed by atoms with Crippen molar-refractivity contribution in [2.75, 3.05) is 6.54 Å². The van der Waals surface area contributed by atoms with Gasteiger partial charge in [-0.1, -0.05) is 0 Å². The topological polar surface area (TPSA) is 46.9 Å². The summed E-state index contributed by atoms with van der Waals surface area (Å²) in [5.74, 6) is 5.54. The molecule has 0 saturated carbocycles. The summed E-state index contributed by atoms with van der Waals surface area (Å²) in [6.45, 7) is 2.36. The first kappa shape index (κ1) is 10.3. The van der Waals surface area contributed by atoms with Crippen molar-refractivity contribution in [3.63, 3.8) is 0 Å². The van der Waals surface area contributed by atoms with Gasteiger partial charge in [-0.3, -0.25) is 9.48 Å². The Balaban J connectivity index is 2.38. The Morgan fingerprint density at radius 1 is 1.71 bits per heavy atom. The summed E-state index contributed by atoms with van der Waals surface area (Å²) in [6, 6.07) is 0. The van der Waals surface area contributed by atoms with Crippen LogP contribution in [0.4, 0.5) is 0 Å². The first-order valence-corrected chi connectivity index (χ1v) is 4.40. The maximum absolute atomic E-state index is 11.4. The Morgan fingerprint density at radius 2 is 2.50 bits per heavy atom. The number of amides is 1. The Bertz CT molecular complexity index is 370. The van der Waals surface area contributed by atoms with E-state index in [0.717, 1.165) is 0 Å². The van der Waals surface area contributed by atoms with Gasteiger partial charge in [0.25, 0.3) is 5.91 Å². The van der Waals surface area contributed by atoms with Crippen LogP contribution in [-0.2, 0) is 7.05 Å². The average molecular weight is 191 g/mol. The summed E-state index contributed by atoms with van der Waals surface area (Å²) < 4.78 is 1.60. The number of nitrogens with one attached hydrogen (secondary N) is 1. The number of aryl methyl sites for hydroxylation is 1. The molecular weight excluding hydrogens is 178 g/mol. The van der Waals surface area contributed by atoms with E-state index in [1.807, 2.05) is 0 Å². The molecule has 0 aliphatic carbocycles.